The SMILES string of the molecule is COCCN1C(=O)CC[C@@]12CCCN(c1ncccn1)CC2. The minimum atomic E-state index is 0.0130. The Morgan fingerprint density at radius 1 is 1.23 bits per heavy atom. The standard InChI is InChI=1S/C16H24N4O2/c1-22-13-12-20-14(21)4-6-16(20)5-2-10-19(11-7-16)15-17-8-3-9-18-15/h3,8-9H,2,4-7,10-13H2,1H3/t16-/m1/s1. The third-order valence-electron chi connectivity index (χ3n) is 4.95. The van der Waals surface area contributed by atoms with Crippen LogP contribution in [-0.2, 0) is 9.53 Å². The van der Waals surface area contributed by atoms with Gasteiger partial charge in [-0.15, -0.1) is 0 Å². The van der Waals surface area contributed by atoms with Gasteiger partial charge in [0.2, 0.25) is 11.9 Å². The Bertz CT molecular complexity index is 510. The molecule has 0 unspecified atom stereocenters. The summed E-state index contributed by atoms with van der Waals surface area (Å²) < 4.78 is 5.18. The zero-order valence-corrected chi connectivity index (χ0v) is 13.2. The maximum atomic E-state index is 12.2. The molecule has 2 saturated heterocycles. The Kier molecular flexibility index (Phi) is 4.57. The van der Waals surface area contributed by atoms with E-state index in [1.54, 1.807) is 19.5 Å². The largest absolute Gasteiger partial charge is 0.383 e. The Hall–Kier alpha value is -1.69. The van der Waals surface area contributed by atoms with Crippen molar-refractivity contribution in [3.8, 4) is 0 Å². The van der Waals surface area contributed by atoms with E-state index in [0.717, 1.165) is 44.7 Å². The van der Waals surface area contributed by atoms with Gasteiger partial charge in [-0.2, -0.15) is 0 Å². The van der Waals surface area contributed by atoms with Gasteiger partial charge in [-0.05, 0) is 31.7 Å². The van der Waals surface area contributed by atoms with Gasteiger partial charge in [-0.1, -0.05) is 0 Å². The molecule has 6 heteroatoms. The van der Waals surface area contributed by atoms with Crippen molar-refractivity contribution in [3.05, 3.63) is 18.5 Å². The molecular weight excluding hydrogens is 280 g/mol. The molecule has 120 valence electrons. The Labute approximate surface area is 131 Å². The van der Waals surface area contributed by atoms with Gasteiger partial charge in [0.1, 0.15) is 0 Å². The minimum absolute atomic E-state index is 0.0130. The summed E-state index contributed by atoms with van der Waals surface area (Å²) in [6.07, 6.45) is 8.33. The van der Waals surface area contributed by atoms with Crippen LogP contribution in [0.2, 0.25) is 0 Å². The Morgan fingerprint density at radius 3 is 2.82 bits per heavy atom. The predicted molar refractivity (Wildman–Crippen MR) is 83.7 cm³/mol. The molecule has 2 fully saturated rings. The quantitative estimate of drug-likeness (QED) is 0.843. The first-order chi connectivity index (χ1) is 10.7. The maximum Gasteiger partial charge on any atom is 0.225 e. The molecule has 3 rings (SSSR count). The minimum Gasteiger partial charge on any atom is -0.383 e. The van der Waals surface area contributed by atoms with Crippen LogP contribution in [0, 0.1) is 0 Å². The molecule has 1 amide bonds. The highest BCUT2D eigenvalue weighted by molar-refractivity contribution is 5.79. The van der Waals surface area contributed by atoms with Crippen LogP contribution in [-0.4, -0.2) is 59.7 Å². The lowest BCUT2D eigenvalue weighted by Gasteiger charge is -2.38. The van der Waals surface area contributed by atoms with Crippen LogP contribution in [0.4, 0.5) is 5.95 Å². The van der Waals surface area contributed by atoms with Gasteiger partial charge in [-0.3, -0.25) is 4.79 Å². The third kappa shape index (κ3) is 2.92. The van der Waals surface area contributed by atoms with E-state index in [4.69, 9.17) is 4.74 Å². The van der Waals surface area contributed by atoms with Crippen LogP contribution in [0.15, 0.2) is 18.5 Å². The number of rotatable bonds is 4. The molecule has 22 heavy (non-hydrogen) atoms. The average molecular weight is 304 g/mol. The maximum absolute atomic E-state index is 12.2. The fourth-order valence-corrected chi connectivity index (χ4v) is 3.77. The summed E-state index contributed by atoms with van der Waals surface area (Å²) in [6, 6.07) is 1.84. The molecule has 0 bridgehead atoms. The van der Waals surface area contributed by atoms with Crippen LogP contribution in [0.1, 0.15) is 32.1 Å². The van der Waals surface area contributed by atoms with E-state index in [1.807, 2.05) is 6.07 Å². The number of nitrogens with zero attached hydrogens (tertiary/aromatic N) is 4. The highest BCUT2D eigenvalue weighted by Crippen LogP contribution is 2.39. The molecule has 1 aromatic heterocycles. The molecule has 0 aliphatic carbocycles. The number of anilines is 1. The highest BCUT2D eigenvalue weighted by Gasteiger charge is 2.45. The molecule has 1 atom stereocenters. The van der Waals surface area contributed by atoms with Crippen molar-refractivity contribution in [1.29, 1.82) is 0 Å². The Balaban J connectivity index is 1.72. The molecule has 0 saturated carbocycles. The number of amides is 1. The van der Waals surface area contributed by atoms with E-state index >= 15 is 0 Å². The van der Waals surface area contributed by atoms with Crippen molar-refractivity contribution in [2.75, 3.05) is 38.3 Å². The summed E-state index contributed by atoms with van der Waals surface area (Å²) in [7, 11) is 1.69. The van der Waals surface area contributed by atoms with Gasteiger partial charge in [0.05, 0.1) is 6.61 Å². The number of hydrogen-bond donors (Lipinski definition) is 0. The number of hydrogen-bond acceptors (Lipinski definition) is 5. The summed E-state index contributed by atoms with van der Waals surface area (Å²) >= 11 is 0. The Morgan fingerprint density at radius 2 is 2.05 bits per heavy atom. The monoisotopic (exact) mass is 304 g/mol. The molecule has 2 aliphatic rings. The number of carbonyl (C=O) groups is 1. The molecular formula is C16H24N4O2. The molecule has 0 aromatic carbocycles. The number of ether oxygens (including phenoxy) is 1. The fraction of sp³-hybridized carbons (Fsp3) is 0.688. The van der Waals surface area contributed by atoms with Gasteiger partial charge in [-0.25, -0.2) is 9.97 Å². The van der Waals surface area contributed by atoms with E-state index in [2.05, 4.69) is 19.8 Å². The number of methoxy groups -OCH3 is 1. The van der Waals surface area contributed by atoms with Crippen LogP contribution in [0.25, 0.3) is 0 Å². The first kappa shape index (κ1) is 15.2. The van der Waals surface area contributed by atoms with Crippen LogP contribution in [0.5, 0.6) is 0 Å². The summed E-state index contributed by atoms with van der Waals surface area (Å²) in [5, 5.41) is 0. The van der Waals surface area contributed by atoms with Crippen LogP contribution < -0.4 is 4.90 Å². The molecule has 1 spiro atoms. The van der Waals surface area contributed by atoms with Gasteiger partial charge in [0.15, 0.2) is 0 Å². The van der Waals surface area contributed by atoms with Crippen LogP contribution >= 0.6 is 0 Å². The van der Waals surface area contributed by atoms with Crippen molar-refractivity contribution < 1.29 is 9.53 Å². The van der Waals surface area contributed by atoms with E-state index in [1.165, 1.54) is 0 Å². The van der Waals surface area contributed by atoms with Crippen molar-refractivity contribution >= 4 is 11.9 Å². The van der Waals surface area contributed by atoms with E-state index in [-0.39, 0.29) is 11.4 Å². The van der Waals surface area contributed by atoms with Crippen molar-refractivity contribution in [1.82, 2.24) is 14.9 Å². The first-order valence-corrected chi connectivity index (χ1v) is 8.07. The van der Waals surface area contributed by atoms with Gasteiger partial charge in [0.25, 0.3) is 0 Å². The smallest absolute Gasteiger partial charge is 0.225 e. The number of carbonyl (C=O) groups excluding carboxylic acids is 1. The lowest BCUT2D eigenvalue weighted by molar-refractivity contribution is -0.132. The molecule has 6 nitrogen and oxygen atoms in total. The zero-order chi connectivity index (χ0) is 15.4. The third-order valence-corrected chi connectivity index (χ3v) is 4.95. The average Bonchev–Trinajstić information content (AvgIpc) is 2.73. The van der Waals surface area contributed by atoms with E-state index in [9.17, 15) is 4.79 Å². The second-order valence-corrected chi connectivity index (χ2v) is 6.15. The normalized spacial score (nSPS) is 25.8. The second kappa shape index (κ2) is 6.60. The van der Waals surface area contributed by atoms with Gasteiger partial charge >= 0.3 is 0 Å². The number of aromatic nitrogens is 2. The summed E-state index contributed by atoms with van der Waals surface area (Å²) in [5.74, 6) is 1.08. The molecule has 0 N–H and O–H groups in total. The van der Waals surface area contributed by atoms with Crippen LogP contribution in [0.3, 0.4) is 0 Å². The molecule has 2 aliphatic heterocycles. The van der Waals surface area contributed by atoms with Crippen molar-refractivity contribution in [2.24, 2.45) is 0 Å². The van der Waals surface area contributed by atoms with Gasteiger partial charge in [0, 0.05) is 51.1 Å². The highest BCUT2D eigenvalue weighted by atomic mass is 16.5. The van der Waals surface area contributed by atoms with Crippen molar-refractivity contribution in [3.63, 3.8) is 0 Å². The van der Waals surface area contributed by atoms with Gasteiger partial charge < -0.3 is 14.5 Å². The zero-order valence-electron chi connectivity index (χ0n) is 13.2. The van der Waals surface area contributed by atoms with E-state index < -0.39 is 0 Å². The molecule has 1 aromatic rings. The topological polar surface area (TPSA) is 58.6 Å². The predicted octanol–water partition coefficient (Wildman–Crippen LogP) is 1.47. The lowest BCUT2D eigenvalue weighted by Crippen LogP contribution is -2.47. The second-order valence-electron chi connectivity index (χ2n) is 6.15. The summed E-state index contributed by atoms with van der Waals surface area (Å²) in [6.45, 7) is 3.18. The fourth-order valence-electron chi connectivity index (χ4n) is 3.77. The lowest BCUT2D eigenvalue weighted by atomic mass is 9.88. The van der Waals surface area contributed by atoms with E-state index in [0.29, 0.717) is 19.6 Å². The number of likely N-dealkylation sites (tertiary alicyclic amines) is 1. The molecule has 3 heterocycles. The summed E-state index contributed by atoms with van der Waals surface area (Å²) in [4.78, 5) is 25.3. The first-order valence-electron chi connectivity index (χ1n) is 8.07. The molecule has 0 radical (unpaired) electrons. The summed E-state index contributed by atoms with van der Waals surface area (Å²) in [5.41, 5.74) is 0.0130. The van der Waals surface area contributed by atoms with Crippen molar-refractivity contribution in [2.45, 2.75) is 37.6 Å².